The van der Waals surface area contributed by atoms with Crippen molar-refractivity contribution in [3.8, 4) is 17.1 Å². The van der Waals surface area contributed by atoms with E-state index in [1.807, 2.05) is 30.3 Å². The van der Waals surface area contributed by atoms with Gasteiger partial charge in [0.15, 0.2) is 5.58 Å². The molecule has 0 spiro atoms. The SMILES string of the molecule is c1ccc(N(c2ccccc2)c2ccc3c(c2)c2ccccc2n3-c2cccc(-c3nc4cc5oc6ccccc6c5cc4o3)c2)cc1. The van der Waals surface area contributed by atoms with Crippen LogP contribution >= 0.6 is 0 Å². The van der Waals surface area contributed by atoms with Crippen molar-refractivity contribution in [2.24, 2.45) is 0 Å². The van der Waals surface area contributed by atoms with Gasteiger partial charge in [0, 0.05) is 55.9 Å². The van der Waals surface area contributed by atoms with E-state index in [1.165, 1.54) is 10.8 Å². The van der Waals surface area contributed by atoms with Gasteiger partial charge in [-0.15, -0.1) is 0 Å². The van der Waals surface area contributed by atoms with Gasteiger partial charge in [0.2, 0.25) is 5.89 Å². The summed E-state index contributed by atoms with van der Waals surface area (Å²) >= 11 is 0. The summed E-state index contributed by atoms with van der Waals surface area (Å²) in [4.78, 5) is 7.20. The highest BCUT2D eigenvalue weighted by Crippen LogP contribution is 2.40. The first kappa shape index (κ1) is 26.6. The molecule has 0 aliphatic heterocycles. The third-order valence-electron chi connectivity index (χ3n) is 9.18. The number of hydrogen-bond donors (Lipinski definition) is 0. The molecule has 10 rings (SSSR count). The molecule has 5 nitrogen and oxygen atoms in total. The second kappa shape index (κ2) is 10.5. The molecule has 0 radical (unpaired) electrons. The Bertz CT molecular complexity index is 2750. The molecule has 3 heterocycles. The molecular formula is C43H27N3O2. The summed E-state index contributed by atoms with van der Waals surface area (Å²) < 4.78 is 14.8. The highest BCUT2D eigenvalue weighted by molar-refractivity contribution is 6.11. The van der Waals surface area contributed by atoms with Crippen molar-refractivity contribution in [1.29, 1.82) is 0 Å². The second-order valence-corrected chi connectivity index (χ2v) is 12.0. The quantitative estimate of drug-likeness (QED) is 0.193. The first-order valence-corrected chi connectivity index (χ1v) is 16.0. The molecule has 0 saturated carbocycles. The zero-order valence-corrected chi connectivity index (χ0v) is 25.7. The summed E-state index contributed by atoms with van der Waals surface area (Å²) in [5, 5.41) is 4.47. The third-order valence-corrected chi connectivity index (χ3v) is 9.18. The average molecular weight is 618 g/mol. The number of rotatable bonds is 5. The number of furan rings is 1. The monoisotopic (exact) mass is 617 g/mol. The van der Waals surface area contributed by atoms with Gasteiger partial charge in [0.1, 0.15) is 16.7 Å². The Morgan fingerprint density at radius 3 is 1.96 bits per heavy atom. The summed E-state index contributed by atoms with van der Waals surface area (Å²) in [5.74, 6) is 0.577. The van der Waals surface area contributed by atoms with Gasteiger partial charge < -0.3 is 18.3 Å². The van der Waals surface area contributed by atoms with Crippen molar-refractivity contribution >= 4 is 71.9 Å². The van der Waals surface area contributed by atoms with Crippen LogP contribution in [0.2, 0.25) is 0 Å². The van der Waals surface area contributed by atoms with Crippen LogP contribution < -0.4 is 4.90 Å². The summed E-state index contributed by atoms with van der Waals surface area (Å²) in [6.45, 7) is 0. The average Bonchev–Trinajstić information content (AvgIpc) is 3.83. The molecule has 5 heteroatoms. The Morgan fingerprint density at radius 2 is 1.15 bits per heavy atom. The van der Waals surface area contributed by atoms with Crippen LogP contribution in [0.5, 0.6) is 0 Å². The number of anilines is 3. The van der Waals surface area contributed by atoms with E-state index in [9.17, 15) is 0 Å². The van der Waals surface area contributed by atoms with Crippen molar-refractivity contribution in [2.45, 2.75) is 0 Å². The Kier molecular flexibility index (Phi) is 5.81. The Balaban J connectivity index is 1.11. The smallest absolute Gasteiger partial charge is 0.227 e. The topological polar surface area (TPSA) is 47.3 Å². The molecule has 226 valence electrons. The van der Waals surface area contributed by atoms with E-state index in [0.29, 0.717) is 5.89 Å². The lowest BCUT2D eigenvalue weighted by Crippen LogP contribution is -2.09. The molecule has 0 amide bonds. The van der Waals surface area contributed by atoms with E-state index in [0.717, 1.165) is 72.4 Å². The molecule has 0 N–H and O–H groups in total. The van der Waals surface area contributed by atoms with E-state index in [1.54, 1.807) is 0 Å². The molecule has 3 aromatic heterocycles. The van der Waals surface area contributed by atoms with Crippen LogP contribution in [-0.2, 0) is 0 Å². The van der Waals surface area contributed by atoms with Crippen LogP contribution in [0.25, 0.3) is 72.0 Å². The molecule has 10 aromatic rings. The minimum Gasteiger partial charge on any atom is -0.456 e. The number of benzene rings is 7. The van der Waals surface area contributed by atoms with Crippen molar-refractivity contribution < 1.29 is 8.83 Å². The second-order valence-electron chi connectivity index (χ2n) is 12.0. The van der Waals surface area contributed by atoms with Gasteiger partial charge >= 0.3 is 0 Å². The summed E-state index contributed by atoms with van der Waals surface area (Å²) in [7, 11) is 0. The molecular weight excluding hydrogens is 590 g/mol. The van der Waals surface area contributed by atoms with Crippen molar-refractivity contribution in [3.05, 3.63) is 164 Å². The lowest BCUT2D eigenvalue weighted by atomic mass is 10.1. The Morgan fingerprint density at radius 1 is 0.438 bits per heavy atom. The van der Waals surface area contributed by atoms with Crippen molar-refractivity contribution in [1.82, 2.24) is 9.55 Å². The maximum Gasteiger partial charge on any atom is 0.227 e. The van der Waals surface area contributed by atoms with E-state index in [2.05, 4.69) is 143 Å². The Hall–Kier alpha value is -6.59. The van der Waals surface area contributed by atoms with Crippen LogP contribution in [0.1, 0.15) is 0 Å². The molecule has 0 unspecified atom stereocenters. The highest BCUT2D eigenvalue weighted by Gasteiger charge is 2.18. The molecule has 48 heavy (non-hydrogen) atoms. The molecule has 0 aliphatic rings. The van der Waals surface area contributed by atoms with Crippen molar-refractivity contribution in [2.75, 3.05) is 4.90 Å². The number of nitrogens with zero attached hydrogens (tertiary/aromatic N) is 3. The standard InChI is InChI=1S/C43H27N3O2/c1-3-13-29(14-4-1)45(30-15-5-2-6-16-30)32-22-23-39-35(25-32)33-18-7-9-20-38(33)46(39)31-17-11-12-28(24-31)43-44-37-27-41-36(26-42(37)48-43)34-19-8-10-21-40(34)47-41/h1-27H. The lowest BCUT2D eigenvalue weighted by molar-refractivity contribution is 0.620. The number of hydrogen-bond acceptors (Lipinski definition) is 4. The predicted molar refractivity (Wildman–Crippen MR) is 196 cm³/mol. The zero-order valence-electron chi connectivity index (χ0n) is 25.7. The van der Waals surface area contributed by atoms with Gasteiger partial charge in [-0.3, -0.25) is 0 Å². The maximum absolute atomic E-state index is 6.39. The molecule has 0 saturated heterocycles. The van der Waals surface area contributed by atoms with Crippen LogP contribution in [-0.4, -0.2) is 9.55 Å². The normalized spacial score (nSPS) is 11.8. The van der Waals surface area contributed by atoms with Crippen LogP contribution in [0.4, 0.5) is 17.1 Å². The molecule has 0 fully saturated rings. The molecule has 0 aliphatic carbocycles. The molecule has 0 bridgehead atoms. The van der Waals surface area contributed by atoms with Crippen LogP contribution in [0.15, 0.2) is 173 Å². The van der Waals surface area contributed by atoms with E-state index < -0.39 is 0 Å². The van der Waals surface area contributed by atoms with Crippen LogP contribution in [0, 0.1) is 0 Å². The van der Waals surface area contributed by atoms with Gasteiger partial charge in [0.05, 0.1) is 11.0 Å². The largest absolute Gasteiger partial charge is 0.456 e. The van der Waals surface area contributed by atoms with E-state index >= 15 is 0 Å². The number of aromatic nitrogens is 2. The van der Waals surface area contributed by atoms with Gasteiger partial charge in [-0.25, -0.2) is 4.98 Å². The first-order valence-electron chi connectivity index (χ1n) is 16.0. The number of oxazole rings is 1. The fourth-order valence-electron chi connectivity index (χ4n) is 7.03. The lowest BCUT2D eigenvalue weighted by Gasteiger charge is -2.25. The van der Waals surface area contributed by atoms with Crippen molar-refractivity contribution in [3.63, 3.8) is 0 Å². The summed E-state index contributed by atoms with van der Waals surface area (Å²) in [6, 6.07) is 56.9. The van der Waals surface area contributed by atoms with Gasteiger partial charge in [0.25, 0.3) is 0 Å². The predicted octanol–water partition coefficient (Wildman–Crippen LogP) is 12.0. The third kappa shape index (κ3) is 4.15. The first-order chi connectivity index (χ1) is 23.8. The summed E-state index contributed by atoms with van der Waals surface area (Å²) in [5.41, 5.74) is 10.7. The summed E-state index contributed by atoms with van der Waals surface area (Å²) in [6.07, 6.45) is 0. The Labute approximate surface area is 275 Å². The fraction of sp³-hybridized carbons (Fsp3) is 0. The maximum atomic E-state index is 6.39. The van der Waals surface area contributed by atoms with Crippen LogP contribution in [0.3, 0.4) is 0 Å². The van der Waals surface area contributed by atoms with Gasteiger partial charge in [-0.1, -0.05) is 78.9 Å². The highest BCUT2D eigenvalue weighted by atomic mass is 16.4. The number of fused-ring (bicyclic) bond motifs is 7. The van der Waals surface area contributed by atoms with E-state index in [4.69, 9.17) is 13.8 Å². The molecule has 0 atom stereocenters. The van der Waals surface area contributed by atoms with E-state index in [-0.39, 0.29) is 0 Å². The fourth-order valence-corrected chi connectivity index (χ4v) is 7.03. The zero-order chi connectivity index (χ0) is 31.6. The molecule has 7 aromatic carbocycles. The minimum atomic E-state index is 0.577. The minimum absolute atomic E-state index is 0.577. The number of para-hydroxylation sites is 4. The van der Waals surface area contributed by atoms with Gasteiger partial charge in [-0.05, 0) is 78.9 Å². The van der Waals surface area contributed by atoms with Gasteiger partial charge in [-0.2, -0.15) is 0 Å².